The molecule has 0 spiro atoms. The summed E-state index contributed by atoms with van der Waals surface area (Å²) in [5.74, 6) is -5.75. The summed E-state index contributed by atoms with van der Waals surface area (Å²) in [6.07, 6.45) is 0. The molecule has 0 aliphatic carbocycles. The standard InChI is InChI=1S/C21H22F3IN4O5/c1-4-33-27-19(21(32)29(2)3)12-10-13(20(31)28-34-8-7-30)18(17(24)16(12)23)26-15-6-5-11(25)9-14(15)22/h5-6,9-10,26,30H,4,7-8H2,1-3H3,(H,28,31)/b27-19+. The van der Waals surface area contributed by atoms with Crippen molar-refractivity contribution in [2.45, 2.75) is 6.92 Å². The number of halogens is 4. The molecule has 0 aliphatic heterocycles. The number of aliphatic hydroxyl groups is 1. The van der Waals surface area contributed by atoms with Gasteiger partial charge in [0, 0.05) is 23.2 Å². The fourth-order valence-electron chi connectivity index (χ4n) is 2.59. The van der Waals surface area contributed by atoms with Gasteiger partial charge in [-0.2, -0.15) is 0 Å². The smallest absolute Gasteiger partial charge is 0.277 e. The van der Waals surface area contributed by atoms with E-state index in [9.17, 15) is 14.0 Å². The second-order valence-electron chi connectivity index (χ2n) is 6.78. The Hall–Kier alpha value is -2.91. The third-order valence-electron chi connectivity index (χ3n) is 4.15. The summed E-state index contributed by atoms with van der Waals surface area (Å²) in [6.45, 7) is 0.887. The highest BCUT2D eigenvalue weighted by atomic mass is 127. The summed E-state index contributed by atoms with van der Waals surface area (Å²) in [6, 6.07) is 4.81. The van der Waals surface area contributed by atoms with Crippen molar-refractivity contribution in [3.05, 3.63) is 56.4 Å². The lowest BCUT2D eigenvalue weighted by Gasteiger charge is -2.18. The molecule has 2 aromatic rings. The number of carbonyl (C=O) groups excluding carboxylic acids is 2. The summed E-state index contributed by atoms with van der Waals surface area (Å²) < 4.78 is 45.4. The number of aliphatic hydroxyl groups excluding tert-OH is 1. The molecule has 2 aromatic carbocycles. The van der Waals surface area contributed by atoms with Crippen LogP contribution in [-0.2, 0) is 14.5 Å². The molecule has 0 bridgehead atoms. The largest absolute Gasteiger partial charge is 0.395 e. The molecule has 2 amide bonds. The predicted octanol–water partition coefficient (Wildman–Crippen LogP) is 2.93. The SMILES string of the molecule is CCO/N=C(/C(=O)N(C)C)c1cc(C(=O)NOCCO)c(Nc2ccc(I)cc2F)c(F)c1F. The van der Waals surface area contributed by atoms with Gasteiger partial charge in [0.2, 0.25) is 0 Å². The van der Waals surface area contributed by atoms with Crippen molar-refractivity contribution < 1.29 is 37.5 Å². The Morgan fingerprint density at radius 2 is 1.85 bits per heavy atom. The minimum atomic E-state index is -1.57. The monoisotopic (exact) mass is 594 g/mol. The number of rotatable bonds is 10. The molecule has 0 unspecified atom stereocenters. The summed E-state index contributed by atoms with van der Waals surface area (Å²) in [5, 5.41) is 14.8. The summed E-state index contributed by atoms with van der Waals surface area (Å²) >= 11 is 1.87. The highest BCUT2D eigenvalue weighted by Gasteiger charge is 2.29. The van der Waals surface area contributed by atoms with Gasteiger partial charge in [-0.25, -0.2) is 18.7 Å². The van der Waals surface area contributed by atoms with Crippen molar-refractivity contribution in [3.63, 3.8) is 0 Å². The maximum atomic E-state index is 15.3. The van der Waals surface area contributed by atoms with Crippen molar-refractivity contribution in [1.29, 1.82) is 0 Å². The first-order valence-corrected chi connectivity index (χ1v) is 10.9. The van der Waals surface area contributed by atoms with E-state index >= 15 is 8.78 Å². The minimum absolute atomic E-state index is 0.0301. The maximum Gasteiger partial charge on any atom is 0.277 e. The van der Waals surface area contributed by atoms with Crippen LogP contribution in [0, 0.1) is 21.0 Å². The third kappa shape index (κ3) is 6.57. The number of nitrogens with zero attached hydrogens (tertiary/aromatic N) is 2. The van der Waals surface area contributed by atoms with E-state index in [1.54, 1.807) is 6.92 Å². The quantitative estimate of drug-likeness (QED) is 0.169. The Balaban J connectivity index is 2.71. The molecule has 2 rings (SSSR count). The van der Waals surface area contributed by atoms with Crippen LogP contribution in [0.15, 0.2) is 29.4 Å². The summed E-state index contributed by atoms with van der Waals surface area (Å²) in [5.41, 5.74) is -0.758. The molecule has 34 heavy (non-hydrogen) atoms. The summed E-state index contributed by atoms with van der Waals surface area (Å²) in [7, 11) is 2.73. The van der Waals surface area contributed by atoms with Crippen molar-refractivity contribution in [2.75, 3.05) is 39.2 Å². The molecule has 3 N–H and O–H groups in total. The van der Waals surface area contributed by atoms with E-state index in [1.807, 2.05) is 28.1 Å². The molecule has 0 saturated heterocycles. The van der Waals surface area contributed by atoms with Crippen molar-refractivity contribution in [1.82, 2.24) is 10.4 Å². The Kier molecular flexibility index (Phi) is 10.1. The number of oxime groups is 1. The average Bonchev–Trinajstić information content (AvgIpc) is 2.79. The topological polar surface area (TPSA) is 112 Å². The molecular formula is C21H22F3IN4O5. The van der Waals surface area contributed by atoms with Gasteiger partial charge in [0.05, 0.1) is 30.2 Å². The van der Waals surface area contributed by atoms with Crippen molar-refractivity contribution in [3.8, 4) is 0 Å². The fraction of sp³-hybridized carbons (Fsp3) is 0.286. The molecule has 184 valence electrons. The fourth-order valence-corrected chi connectivity index (χ4v) is 3.04. The van der Waals surface area contributed by atoms with E-state index in [2.05, 4.69) is 10.5 Å². The first-order valence-electron chi connectivity index (χ1n) is 9.81. The lowest BCUT2D eigenvalue weighted by Crippen LogP contribution is -2.32. The van der Waals surface area contributed by atoms with E-state index < -0.39 is 58.4 Å². The molecule has 0 heterocycles. The van der Waals surface area contributed by atoms with Gasteiger partial charge in [-0.1, -0.05) is 5.16 Å². The normalized spacial score (nSPS) is 11.2. The number of amides is 2. The van der Waals surface area contributed by atoms with Gasteiger partial charge in [-0.15, -0.1) is 0 Å². The number of anilines is 2. The number of likely N-dealkylation sites (N-methyl/N-ethyl adjacent to an activating group) is 1. The molecular weight excluding hydrogens is 572 g/mol. The average molecular weight is 594 g/mol. The maximum absolute atomic E-state index is 15.3. The minimum Gasteiger partial charge on any atom is -0.395 e. The van der Waals surface area contributed by atoms with Crippen LogP contribution in [-0.4, -0.2) is 61.4 Å². The van der Waals surface area contributed by atoms with Gasteiger partial charge in [-0.05, 0) is 53.8 Å². The van der Waals surface area contributed by atoms with E-state index in [4.69, 9.17) is 14.8 Å². The molecule has 0 aliphatic rings. The lowest BCUT2D eigenvalue weighted by molar-refractivity contribution is -0.121. The first kappa shape index (κ1) is 27.3. The molecule has 0 atom stereocenters. The zero-order valence-corrected chi connectivity index (χ0v) is 20.6. The Morgan fingerprint density at radius 1 is 1.15 bits per heavy atom. The molecule has 9 nitrogen and oxygen atoms in total. The number of hydroxylamine groups is 1. The van der Waals surface area contributed by atoms with Gasteiger partial charge in [0.25, 0.3) is 11.8 Å². The van der Waals surface area contributed by atoms with E-state index in [1.165, 1.54) is 26.2 Å². The van der Waals surface area contributed by atoms with Crippen LogP contribution < -0.4 is 10.8 Å². The summed E-state index contributed by atoms with van der Waals surface area (Å²) in [4.78, 5) is 36.0. The lowest BCUT2D eigenvalue weighted by atomic mass is 10.0. The number of hydrogen-bond acceptors (Lipinski definition) is 7. The van der Waals surface area contributed by atoms with Gasteiger partial charge in [0.1, 0.15) is 12.4 Å². The second-order valence-corrected chi connectivity index (χ2v) is 8.03. The molecule has 0 fully saturated rings. The number of carbonyl (C=O) groups is 2. The van der Waals surface area contributed by atoms with E-state index in [0.717, 1.165) is 17.0 Å². The Bertz CT molecular complexity index is 1100. The van der Waals surface area contributed by atoms with Crippen molar-refractivity contribution >= 4 is 51.5 Å². The predicted molar refractivity (Wildman–Crippen MR) is 126 cm³/mol. The molecule has 0 saturated carbocycles. The number of benzene rings is 2. The van der Waals surface area contributed by atoms with Crippen LogP contribution in [0.2, 0.25) is 0 Å². The van der Waals surface area contributed by atoms with E-state index in [0.29, 0.717) is 3.57 Å². The van der Waals surface area contributed by atoms with Gasteiger partial charge >= 0.3 is 0 Å². The molecule has 13 heteroatoms. The van der Waals surface area contributed by atoms with Crippen LogP contribution in [0.1, 0.15) is 22.8 Å². The van der Waals surface area contributed by atoms with Crippen LogP contribution >= 0.6 is 22.6 Å². The highest BCUT2D eigenvalue weighted by molar-refractivity contribution is 14.1. The zero-order valence-electron chi connectivity index (χ0n) is 18.4. The van der Waals surface area contributed by atoms with E-state index in [-0.39, 0.29) is 18.9 Å². The van der Waals surface area contributed by atoms with Gasteiger partial charge < -0.3 is 20.2 Å². The van der Waals surface area contributed by atoms with Crippen LogP contribution in [0.25, 0.3) is 0 Å². The second kappa shape index (κ2) is 12.5. The van der Waals surface area contributed by atoms with Crippen LogP contribution in [0.5, 0.6) is 0 Å². The highest BCUT2D eigenvalue weighted by Crippen LogP contribution is 2.31. The molecule has 0 radical (unpaired) electrons. The van der Waals surface area contributed by atoms with Crippen molar-refractivity contribution in [2.24, 2.45) is 5.16 Å². The number of hydrogen-bond donors (Lipinski definition) is 3. The van der Waals surface area contributed by atoms with Gasteiger partial charge in [-0.3, -0.25) is 14.4 Å². The zero-order chi connectivity index (χ0) is 25.4. The Labute approximate surface area is 207 Å². The molecule has 0 aromatic heterocycles. The Morgan fingerprint density at radius 3 is 2.44 bits per heavy atom. The van der Waals surface area contributed by atoms with Crippen LogP contribution in [0.4, 0.5) is 24.5 Å². The first-order chi connectivity index (χ1) is 16.1. The van der Waals surface area contributed by atoms with Gasteiger partial charge in [0.15, 0.2) is 17.3 Å². The van der Waals surface area contributed by atoms with Crippen LogP contribution in [0.3, 0.4) is 0 Å². The number of nitrogens with one attached hydrogen (secondary N) is 2. The third-order valence-corrected chi connectivity index (χ3v) is 4.82.